The third-order valence-corrected chi connectivity index (χ3v) is 7.09. The standard InChI is InChI=1S/C22H30N6O/c1-15-6-8-16(9-7-15)22(29)23-17-12-19-10-11-20(13-17)27(19)14-21-24-25-26-28(21)18-4-2-3-5-18/h6-9,17-20H,2-5,10-14H2,1H3,(H,23,29)/t19-,20-/m0/s1. The van der Waals surface area contributed by atoms with Crippen LogP contribution in [0.15, 0.2) is 24.3 Å². The normalized spacial score (nSPS) is 27.4. The molecule has 1 saturated carbocycles. The maximum atomic E-state index is 12.6. The van der Waals surface area contributed by atoms with Gasteiger partial charge in [-0.2, -0.15) is 0 Å². The number of carbonyl (C=O) groups excluding carboxylic acids is 1. The van der Waals surface area contributed by atoms with Gasteiger partial charge in [-0.25, -0.2) is 4.68 Å². The average molecular weight is 395 g/mol. The first-order valence-corrected chi connectivity index (χ1v) is 11.1. The fourth-order valence-corrected chi connectivity index (χ4v) is 5.54. The van der Waals surface area contributed by atoms with E-state index < -0.39 is 0 Å². The molecule has 2 aliphatic heterocycles. The van der Waals surface area contributed by atoms with Crippen molar-refractivity contribution in [3.05, 3.63) is 41.2 Å². The molecule has 2 aromatic rings. The van der Waals surface area contributed by atoms with Crippen molar-refractivity contribution in [1.82, 2.24) is 30.4 Å². The molecule has 1 N–H and O–H groups in total. The van der Waals surface area contributed by atoms with Crippen molar-refractivity contribution in [3.63, 3.8) is 0 Å². The summed E-state index contributed by atoms with van der Waals surface area (Å²) in [4.78, 5) is 15.2. The van der Waals surface area contributed by atoms with Crippen molar-refractivity contribution in [2.45, 2.75) is 89.0 Å². The number of carbonyl (C=O) groups is 1. The van der Waals surface area contributed by atoms with Crippen molar-refractivity contribution >= 4 is 5.91 Å². The molecule has 0 spiro atoms. The molecule has 2 atom stereocenters. The molecule has 29 heavy (non-hydrogen) atoms. The Morgan fingerprint density at radius 2 is 1.72 bits per heavy atom. The number of benzene rings is 1. The van der Waals surface area contributed by atoms with E-state index in [4.69, 9.17) is 0 Å². The van der Waals surface area contributed by atoms with Crippen LogP contribution in [-0.4, -0.2) is 49.1 Å². The van der Waals surface area contributed by atoms with Crippen LogP contribution < -0.4 is 5.32 Å². The van der Waals surface area contributed by atoms with Gasteiger partial charge in [-0.15, -0.1) is 5.10 Å². The summed E-state index contributed by atoms with van der Waals surface area (Å²) < 4.78 is 2.08. The lowest BCUT2D eigenvalue weighted by molar-refractivity contribution is 0.0813. The van der Waals surface area contributed by atoms with Crippen molar-refractivity contribution in [3.8, 4) is 0 Å². The second kappa shape index (κ2) is 7.86. The van der Waals surface area contributed by atoms with Crippen LogP contribution in [0.25, 0.3) is 0 Å². The lowest BCUT2D eigenvalue weighted by Gasteiger charge is -2.39. The van der Waals surface area contributed by atoms with E-state index in [0.29, 0.717) is 18.1 Å². The number of tetrazole rings is 1. The molecule has 3 heterocycles. The fourth-order valence-electron chi connectivity index (χ4n) is 5.54. The van der Waals surface area contributed by atoms with Gasteiger partial charge in [0.05, 0.1) is 12.6 Å². The Bertz CT molecular complexity index is 842. The number of aryl methyl sites for hydroxylation is 1. The van der Waals surface area contributed by atoms with E-state index in [2.05, 4.69) is 30.4 Å². The van der Waals surface area contributed by atoms with Gasteiger partial charge in [0.2, 0.25) is 0 Å². The molecule has 154 valence electrons. The number of fused-ring (bicyclic) bond motifs is 2. The van der Waals surface area contributed by atoms with Crippen LogP contribution in [0.2, 0.25) is 0 Å². The van der Waals surface area contributed by atoms with Gasteiger partial charge in [-0.3, -0.25) is 9.69 Å². The zero-order valence-corrected chi connectivity index (χ0v) is 17.1. The Morgan fingerprint density at radius 1 is 1.03 bits per heavy atom. The Morgan fingerprint density at radius 3 is 2.41 bits per heavy atom. The van der Waals surface area contributed by atoms with Crippen LogP contribution >= 0.6 is 0 Å². The molecule has 2 bridgehead atoms. The monoisotopic (exact) mass is 394 g/mol. The molecule has 1 amide bonds. The number of hydrogen-bond donors (Lipinski definition) is 1. The van der Waals surface area contributed by atoms with Crippen molar-refractivity contribution in [1.29, 1.82) is 0 Å². The molecule has 1 aromatic carbocycles. The van der Waals surface area contributed by atoms with Gasteiger partial charge >= 0.3 is 0 Å². The van der Waals surface area contributed by atoms with Crippen LogP contribution in [0, 0.1) is 6.92 Å². The van der Waals surface area contributed by atoms with Crippen LogP contribution in [0.5, 0.6) is 0 Å². The van der Waals surface area contributed by atoms with E-state index in [1.165, 1.54) is 44.1 Å². The van der Waals surface area contributed by atoms with E-state index in [1.54, 1.807) is 0 Å². The summed E-state index contributed by atoms with van der Waals surface area (Å²) in [6, 6.07) is 9.56. The van der Waals surface area contributed by atoms with Gasteiger partial charge in [0.25, 0.3) is 5.91 Å². The summed E-state index contributed by atoms with van der Waals surface area (Å²) in [6.45, 7) is 2.87. The highest BCUT2D eigenvalue weighted by molar-refractivity contribution is 5.94. The summed E-state index contributed by atoms with van der Waals surface area (Å²) in [5.41, 5.74) is 1.92. The number of hydrogen-bond acceptors (Lipinski definition) is 5. The first-order valence-electron chi connectivity index (χ1n) is 11.1. The minimum Gasteiger partial charge on any atom is -0.349 e. The predicted octanol–water partition coefficient (Wildman–Crippen LogP) is 3.02. The zero-order chi connectivity index (χ0) is 19.8. The summed E-state index contributed by atoms with van der Waals surface area (Å²) in [6.07, 6.45) is 9.37. The lowest BCUT2D eigenvalue weighted by Crippen LogP contribution is -2.50. The Labute approximate surface area is 171 Å². The summed E-state index contributed by atoms with van der Waals surface area (Å²) in [7, 11) is 0. The van der Waals surface area contributed by atoms with Gasteiger partial charge in [0.15, 0.2) is 5.82 Å². The molecule has 5 rings (SSSR count). The number of amides is 1. The molecule has 7 heteroatoms. The van der Waals surface area contributed by atoms with Crippen LogP contribution in [-0.2, 0) is 6.54 Å². The lowest BCUT2D eigenvalue weighted by atomic mass is 9.96. The molecule has 0 radical (unpaired) electrons. The SMILES string of the molecule is Cc1ccc(C(=O)NC2C[C@@H]3CC[C@@H](C2)N3Cc2nnnn2C2CCCC2)cc1. The van der Waals surface area contributed by atoms with E-state index in [-0.39, 0.29) is 11.9 Å². The molecule has 3 fully saturated rings. The zero-order valence-electron chi connectivity index (χ0n) is 17.1. The Hall–Kier alpha value is -2.28. The highest BCUT2D eigenvalue weighted by Crippen LogP contribution is 2.37. The summed E-state index contributed by atoms with van der Waals surface area (Å²) >= 11 is 0. The first kappa shape index (κ1) is 18.7. The van der Waals surface area contributed by atoms with Gasteiger partial charge < -0.3 is 5.32 Å². The summed E-state index contributed by atoms with van der Waals surface area (Å²) in [5, 5.41) is 15.9. The van der Waals surface area contributed by atoms with E-state index in [0.717, 1.165) is 30.8 Å². The topological polar surface area (TPSA) is 75.9 Å². The maximum Gasteiger partial charge on any atom is 0.251 e. The fraction of sp³-hybridized carbons (Fsp3) is 0.636. The predicted molar refractivity (Wildman–Crippen MR) is 109 cm³/mol. The average Bonchev–Trinajstić information content (AvgIpc) is 3.44. The number of nitrogens with one attached hydrogen (secondary N) is 1. The quantitative estimate of drug-likeness (QED) is 0.844. The number of rotatable bonds is 5. The summed E-state index contributed by atoms with van der Waals surface area (Å²) in [5.74, 6) is 1.06. The van der Waals surface area contributed by atoms with Crippen LogP contribution in [0.3, 0.4) is 0 Å². The second-order valence-electron chi connectivity index (χ2n) is 9.04. The largest absolute Gasteiger partial charge is 0.349 e. The highest BCUT2D eigenvalue weighted by atomic mass is 16.1. The molecule has 3 aliphatic rings. The second-order valence-corrected chi connectivity index (χ2v) is 9.04. The van der Waals surface area contributed by atoms with Crippen molar-refractivity contribution in [2.24, 2.45) is 0 Å². The highest BCUT2D eigenvalue weighted by Gasteiger charge is 2.42. The number of piperidine rings is 1. The first-order chi connectivity index (χ1) is 14.2. The van der Waals surface area contributed by atoms with Gasteiger partial charge in [-0.05, 0) is 68.0 Å². The van der Waals surface area contributed by atoms with Gasteiger partial charge in [-0.1, -0.05) is 30.5 Å². The molecule has 0 unspecified atom stereocenters. The van der Waals surface area contributed by atoms with Gasteiger partial charge in [0, 0.05) is 23.7 Å². The van der Waals surface area contributed by atoms with Crippen molar-refractivity contribution in [2.75, 3.05) is 0 Å². The van der Waals surface area contributed by atoms with Crippen LogP contribution in [0.1, 0.15) is 79.2 Å². The number of aromatic nitrogens is 4. The molecule has 7 nitrogen and oxygen atoms in total. The molecule has 2 saturated heterocycles. The third kappa shape index (κ3) is 3.80. The Kier molecular flexibility index (Phi) is 5.08. The molecule has 1 aromatic heterocycles. The number of nitrogens with zero attached hydrogens (tertiary/aromatic N) is 5. The van der Waals surface area contributed by atoms with E-state index >= 15 is 0 Å². The minimum atomic E-state index is 0.0491. The van der Waals surface area contributed by atoms with E-state index in [1.807, 2.05) is 31.2 Å². The maximum absolute atomic E-state index is 12.6. The molecule has 1 aliphatic carbocycles. The smallest absolute Gasteiger partial charge is 0.251 e. The van der Waals surface area contributed by atoms with E-state index in [9.17, 15) is 4.79 Å². The minimum absolute atomic E-state index is 0.0491. The third-order valence-electron chi connectivity index (χ3n) is 7.09. The van der Waals surface area contributed by atoms with Crippen LogP contribution in [0.4, 0.5) is 0 Å². The Balaban J connectivity index is 1.22. The molecular formula is C22H30N6O. The van der Waals surface area contributed by atoms with Gasteiger partial charge in [0.1, 0.15) is 0 Å². The van der Waals surface area contributed by atoms with Crippen molar-refractivity contribution < 1.29 is 4.79 Å². The molecular weight excluding hydrogens is 364 g/mol.